The zero-order valence-corrected chi connectivity index (χ0v) is 28.5. The number of hydrogen-bond donors (Lipinski definition) is 5. The summed E-state index contributed by atoms with van der Waals surface area (Å²) in [5.41, 5.74) is 0.817. The quantitative estimate of drug-likeness (QED) is 0.257. The molecular formula is C37H60O7. The smallest absolute Gasteiger partial charge is 0.310 e. The van der Waals surface area contributed by atoms with Crippen molar-refractivity contribution in [1.82, 2.24) is 0 Å². The predicted molar refractivity (Wildman–Crippen MR) is 169 cm³/mol. The number of aliphatic carboxylic acids is 1. The SMILES string of the molecule is CC1O[C@@H]([C@H](O)[C@H]2CC[C@@]3(C)C(CC[C@]4(C)C3CC=C3C5CC(C)(C)CC[C@]5(C(=O)O)CC[C@]34C)C2(C)C)C(O)C(O)[C@H]1O. The molecule has 5 N–H and O–H groups in total. The third-order valence-electron chi connectivity index (χ3n) is 15.8. The number of fused-ring (bicyclic) bond motifs is 7. The first-order valence-corrected chi connectivity index (χ1v) is 17.6. The highest BCUT2D eigenvalue weighted by Gasteiger charge is 2.69. The Balaban J connectivity index is 1.32. The Morgan fingerprint density at radius 2 is 1.52 bits per heavy atom. The minimum atomic E-state index is -1.35. The highest BCUT2D eigenvalue weighted by molar-refractivity contribution is 5.76. The van der Waals surface area contributed by atoms with Crippen molar-refractivity contribution < 1.29 is 35.1 Å². The van der Waals surface area contributed by atoms with E-state index in [-0.39, 0.29) is 38.9 Å². The van der Waals surface area contributed by atoms with E-state index in [1.807, 2.05) is 0 Å². The fraction of sp³-hybridized carbons (Fsp3) is 0.919. The molecule has 0 amide bonds. The van der Waals surface area contributed by atoms with Crippen molar-refractivity contribution >= 4 is 5.97 Å². The second kappa shape index (κ2) is 10.3. The first-order chi connectivity index (χ1) is 20.3. The van der Waals surface area contributed by atoms with Gasteiger partial charge in [0.15, 0.2) is 0 Å². The van der Waals surface area contributed by atoms with Gasteiger partial charge in [-0.2, -0.15) is 0 Å². The molecule has 1 saturated heterocycles. The molecule has 5 fully saturated rings. The minimum Gasteiger partial charge on any atom is -0.481 e. The van der Waals surface area contributed by atoms with Gasteiger partial charge in [-0.25, -0.2) is 0 Å². The molecule has 0 aromatic heterocycles. The number of rotatable bonds is 3. The molecule has 1 heterocycles. The zero-order chi connectivity index (χ0) is 32.4. The third kappa shape index (κ3) is 4.27. The van der Waals surface area contributed by atoms with E-state index in [1.54, 1.807) is 6.92 Å². The lowest BCUT2D eigenvalue weighted by Crippen LogP contribution is -2.66. The molecule has 4 saturated carbocycles. The van der Waals surface area contributed by atoms with E-state index in [1.165, 1.54) is 5.57 Å². The lowest BCUT2D eigenvalue weighted by atomic mass is 9.33. The zero-order valence-electron chi connectivity index (χ0n) is 28.5. The van der Waals surface area contributed by atoms with Crippen LogP contribution in [0.5, 0.6) is 0 Å². The summed E-state index contributed by atoms with van der Waals surface area (Å²) < 4.78 is 5.95. The molecule has 7 nitrogen and oxygen atoms in total. The molecule has 6 aliphatic rings. The lowest BCUT2D eigenvalue weighted by molar-refractivity contribution is -0.260. The molecular weight excluding hydrogens is 556 g/mol. The van der Waals surface area contributed by atoms with Gasteiger partial charge in [-0.05, 0) is 122 Å². The second-order valence-corrected chi connectivity index (χ2v) is 18.4. The van der Waals surface area contributed by atoms with Gasteiger partial charge in [0.05, 0.1) is 17.6 Å². The number of carbonyl (C=O) groups is 1. The number of ether oxygens (including phenoxy) is 1. The fourth-order valence-corrected chi connectivity index (χ4v) is 12.9. The minimum absolute atomic E-state index is 0.0331. The summed E-state index contributed by atoms with van der Waals surface area (Å²) in [7, 11) is 0. The Morgan fingerprint density at radius 3 is 2.18 bits per heavy atom. The van der Waals surface area contributed by atoms with Crippen molar-refractivity contribution in [2.75, 3.05) is 0 Å². The number of carboxylic acids is 1. The average Bonchev–Trinajstić information content (AvgIpc) is 2.93. The van der Waals surface area contributed by atoms with Gasteiger partial charge >= 0.3 is 5.97 Å². The first kappa shape index (κ1) is 32.9. The van der Waals surface area contributed by atoms with Crippen LogP contribution in [0.2, 0.25) is 0 Å². The van der Waals surface area contributed by atoms with Gasteiger partial charge in [-0.15, -0.1) is 0 Å². The van der Waals surface area contributed by atoms with Crippen LogP contribution < -0.4 is 0 Å². The van der Waals surface area contributed by atoms with Crippen LogP contribution in [0.3, 0.4) is 0 Å². The molecule has 1 aliphatic heterocycles. The van der Waals surface area contributed by atoms with E-state index in [0.29, 0.717) is 11.8 Å². The van der Waals surface area contributed by atoms with E-state index in [4.69, 9.17) is 4.74 Å². The molecule has 7 heteroatoms. The molecule has 5 aliphatic carbocycles. The Morgan fingerprint density at radius 1 is 0.864 bits per heavy atom. The second-order valence-electron chi connectivity index (χ2n) is 18.4. The van der Waals surface area contributed by atoms with Crippen molar-refractivity contribution in [3.8, 4) is 0 Å². The Kier molecular flexibility index (Phi) is 7.67. The molecule has 0 aromatic rings. The summed E-state index contributed by atoms with van der Waals surface area (Å²) in [4.78, 5) is 12.9. The molecule has 0 radical (unpaired) electrons. The molecule has 6 rings (SSSR count). The first-order valence-electron chi connectivity index (χ1n) is 17.6. The van der Waals surface area contributed by atoms with Gasteiger partial charge in [-0.3, -0.25) is 4.79 Å². The summed E-state index contributed by atoms with van der Waals surface area (Å²) in [6.07, 6.45) is 5.37. The maximum atomic E-state index is 12.9. The van der Waals surface area contributed by atoms with Crippen LogP contribution in [0, 0.1) is 56.2 Å². The van der Waals surface area contributed by atoms with E-state index in [9.17, 15) is 30.3 Å². The van der Waals surface area contributed by atoms with E-state index < -0.39 is 48.0 Å². The van der Waals surface area contributed by atoms with Crippen LogP contribution >= 0.6 is 0 Å². The van der Waals surface area contributed by atoms with Crippen molar-refractivity contribution in [2.45, 2.75) is 156 Å². The van der Waals surface area contributed by atoms with E-state index >= 15 is 0 Å². The van der Waals surface area contributed by atoms with Gasteiger partial charge < -0.3 is 30.3 Å². The van der Waals surface area contributed by atoms with Gasteiger partial charge in [0.25, 0.3) is 0 Å². The van der Waals surface area contributed by atoms with Gasteiger partial charge in [0.2, 0.25) is 0 Å². The van der Waals surface area contributed by atoms with E-state index in [2.05, 4.69) is 54.5 Å². The molecule has 44 heavy (non-hydrogen) atoms. The van der Waals surface area contributed by atoms with Crippen LogP contribution in [0.15, 0.2) is 11.6 Å². The van der Waals surface area contributed by atoms with Gasteiger partial charge in [0, 0.05) is 0 Å². The summed E-state index contributed by atoms with van der Waals surface area (Å²) >= 11 is 0. The van der Waals surface area contributed by atoms with Crippen molar-refractivity contribution in [3.63, 3.8) is 0 Å². The predicted octanol–water partition coefficient (Wildman–Crippen LogP) is 5.72. The molecule has 0 aromatic carbocycles. The maximum absolute atomic E-state index is 12.9. The lowest BCUT2D eigenvalue weighted by Gasteiger charge is -2.71. The maximum Gasteiger partial charge on any atom is 0.310 e. The van der Waals surface area contributed by atoms with Crippen molar-refractivity contribution in [3.05, 3.63) is 11.6 Å². The standard InChI is InChI=1S/C37H60O7/c1-20-26(38)28(40)29(41)30(44-20)27(39)22-11-13-34(6)24(33(22,4)5)12-14-36(8)25(34)10-9-21-23-19-32(2,3)15-17-37(23,31(42)43)18-16-35(21,36)7/h9,20,22-30,38-41H,10-19H2,1-8H3,(H,42,43)/t20?,22-,23?,24?,25?,26+,27-,28?,29?,30+,34+,35-,36-,37+/m1/s1. The Bertz CT molecular complexity index is 1190. The van der Waals surface area contributed by atoms with Crippen LogP contribution in [-0.2, 0) is 9.53 Å². The van der Waals surface area contributed by atoms with Crippen LogP contribution in [0.1, 0.15) is 120 Å². The summed E-state index contributed by atoms with van der Waals surface area (Å²) in [5, 5.41) is 54.0. The van der Waals surface area contributed by atoms with Crippen LogP contribution in [0.4, 0.5) is 0 Å². The molecule has 14 atom stereocenters. The highest BCUT2D eigenvalue weighted by Crippen LogP contribution is 2.76. The molecule has 250 valence electrons. The fourth-order valence-electron chi connectivity index (χ4n) is 12.9. The number of hydrogen-bond acceptors (Lipinski definition) is 6. The third-order valence-corrected chi connectivity index (χ3v) is 15.8. The van der Waals surface area contributed by atoms with Crippen LogP contribution in [0.25, 0.3) is 0 Å². The topological polar surface area (TPSA) is 127 Å². The summed E-state index contributed by atoms with van der Waals surface area (Å²) in [6, 6.07) is 0. The van der Waals surface area contributed by atoms with Crippen molar-refractivity contribution in [1.29, 1.82) is 0 Å². The number of allylic oxidation sites excluding steroid dienone is 2. The van der Waals surface area contributed by atoms with Crippen LogP contribution in [-0.4, -0.2) is 68.1 Å². The van der Waals surface area contributed by atoms with E-state index in [0.717, 1.165) is 64.2 Å². The monoisotopic (exact) mass is 616 g/mol. The average molecular weight is 617 g/mol. The Hall–Kier alpha value is -0.990. The summed E-state index contributed by atoms with van der Waals surface area (Å²) in [6.45, 7) is 18.4. The Labute approximate surface area is 264 Å². The molecule has 6 unspecified atom stereocenters. The van der Waals surface area contributed by atoms with Gasteiger partial charge in [-0.1, -0.05) is 60.1 Å². The number of aliphatic hydroxyl groups is 4. The summed E-state index contributed by atoms with van der Waals surface area (Å²) in [5.74, 6) is 0.225. The molecule has 0 spiro atoms. The highest BCUT2D eigenvalue weighted by atomic mass is 16.5. The number of aliphatic hydroxyl groups excluding tert-OH is 4. The largest absolute Gasteiger partial charge is 0.481 e. The van der Waals surface area contributed by atoms with Crippen molar-refractivity contribution in [2.24, 2.45) is 56.2 Å². The van der Waals surface area contributed by atoms with Gasteiger partial charge in [0.1, 0.15) is 24.4 Å². The molecule has 0 bridgehead atoms. The normalized spacial score (nSPS) is 53.6. The number of carboxylic acid groups (broad SMARTS) is 1.